The van der Waals surface area contributed by atoms with E-state index >= 15 is 0 Å². The number of amides is 3. The highest BCUT2D eigenvalue weighted by atomic mass is 35.5. The normalized spacial score (nSPS) is 21.7. The third kappa shape index (κ3) is 4.16. The lowest BCUT2D eigenvalue weighted by molar-refractivity contribution is -0.154. The molecule has 2 aliphatic rings. The smallest absolute Gasteiger partial charge is 0.274 e. The molecule has 8 heteroatoms. The number of carbonyl (C=O) groups is 4. The molecular weight excluding hydrogens is 444 g/mol. The van der Waals surface area contributed by atoms with E-state index in [0.29, 0.717) is 17.7 Å². The van der Waals surface area contributed by atoms with Crippen molar-refractivity contribution in [3.8, 4) is 5.75 Å². The molecular formula is C25H23ClN2O5. The fourth-order valence-electron chi connectivity index (χ4n) is 4.38. The van der Waals surface area contributed by atoms with Gasteiger partial charge in [0.1, 0.15) is 12.3 Å². The maximum Gasteiger partial charge on any atom is 0.274 e. The van der Waals surface area contributed by atoms with Crippen molar-refractivity contribution in [2.75, 3.05) is 13.7 Å². The summed E-state index contributed by atoms with van der Waals surface area (Å²) in [5.41, 5.74) is 0.419. The summed E-state index contributed by atoms with van der Waals surface area (Å²) >= 11 is 6.23. The maximum atomic E-state index is 13.5. The van der Waals surface area contributed by atoms with Crippen LogP contribution in [-0.4, -0.2) is 47.2 Å². The number of carbonyl (C=O) groups excluding carboxylic acids is 4. The monoisotopic (exact) mass is 466 g/mol. The van der Waals surface area contributed by atoms with Gasteiger partial charge in [-0.3, -0.25) is 19.2 Å². The first kappa shape index (κ1) is 22.7. The average Bonchev–Trinajstić information content (AvgIpc) is 3.08. The lowest BCUT2D eigenvalue weighted by Gasteiger charge is -2.30. The minimum atomic E-state index is -0.691. The SMILES string of the molecule is COc1ccc(C(=O)CN(C(=O)c2ccccc2Cl)N2C(=O)[C@H]3[C@@H](C)C=CC[C@H]3C2=O)cc1. The first-order chi connectivity index (χ1) is 15.8. The molecule has 1 aliphatic carbocycles. The van der Waals surface area contributed by atoms with Crippen LogP contribution in [0.3, 0.4) is 0 Å². The number of hydrogen-bond donors (Lipinski definition) is 0. The molecule has 170 valence electrons. The van der Waals surface area contributed by atoms with Crippen molar-refractivity contribution in [3.63, 3.8) is 0 Å². The number of imide groups is 1. The van der Waals surface area contributed by atoms with Gasteiger partial charge in [0.05, 0.1) is 29.5 Å². The van der Waals surface area contributed by atoms with E-state index in [1.165, 1.54) is 19.2 Å². The third-order valence-corrected chi connectivity index (χ3v) is 6.46. The summed E-state index contributed by atoms with van der Waals surface area (Å²) in [5.74, 6) is -2.79. The molecule has 0 N–H and O–H groups in total. The van der Waals surface area contributed by atoms with Crippen LogP contribution >= 0.6 is 11.6 Å². The van der Waals surface area contributed by atoms with Gasteiger partial charge in [-0.1, -0.05) is 42.8 Å². The van der Waals surface area contributed by atoms with Gasteiger partial charge in [-0.25, -0.2) is 5.01 Å². The number of nitrogens with zero attached hydrogens (tertiary/aromatic N) is 2. The van der Waals surface area contributed by atoms with Crippen molar-refractivity contribution >= 4 is 35.1 Å². The molecule has 7 nitrogen and oxygen atoms in total. The molecule has 0 aromatic heterocycles. The number of halogens is 1. The van der Waals surface area contributed by atoms with E-state index in [9.17, 15) is 19.2 Å². The van der Waals surface area contributed by atoms with E-state index in [1.807, 2.05) is 19.1 Å². The Morgan fingerprint density at radius 2 is 1.79 bits per heavy atom. The molecule has 0 bridgehead atoms. The number of Topliss-reactive ketones (excluding diaryl/α,β-unsaturated/α-hetero) is 1. The molecule has 33 heavy (non-hydrogen) atoms. The van der Waals surface area contributed by atoms with E-state index in [-0.39, 0.29) is 16.5 Å². The van der Waals surface area contributed by atoms with Crippen molar-refractivity contribution in [2.24, 2.45) is 17.8 Å². The quantitative estimate of drug-likeness (QED) is 0.367. The highest BCUT2D eigenvalue weighted by molar-refractivity contribution is 6.34. The van der Waals surface area contributed by atoms with Gasteiger partial charge in [-0.05, 0) is 48.7 Å². The van der Waals surface area contributed by atoms with E-state index < -0.39 is 41.9 Å². The van der Waals surface area contributed by atoms with Gasteiger partial charge < -0.3 is 4.74 Å². The summed E-state index contributed by atoms with van der Waals surface area (Å²) in [5, 5.41) is 1.95. The van der Waals surface area contributed by atoms with Crippen molar-refractivity contribution in [2.45, 2.75) is 13.3 Å². The van der Waals surface area contributed by atoms with Crippen molar-refractivity contribution < 1.29 is 23.9 Å². The van der Waals surface area contributed by atoms with Crippen LogP contribution in [0.5, 0.6) is 5.75 Å². The molecule has 1 aliphatic heterocycles. The van der Waals surface area contributed by atoms with Gasteiger partial charge in [0.25, 0.3) is 17.7 Å². The number of benzene rings is 2. The van der Waals surface area contributed by atoms with Gasteiger partial charge in [-0.2, -0.15) is 5.01 Å². The van der Waals surface area contributed by atoms with Crippen molar-refractivity contribution in [1.29, 1.82) is 0 Å². The fourth-order valence-corrected chi connectivity index (χ4v) is 4.60. The first-order valence-electron chi connectivity index (χ1n) is 10.6. The molecule has 0 radical (unpaired) electrons. The molecule has 2 aromatic carbocycles. The van der Waals surface area contributed by atoms with E-state index in [0.717, 1.165) is 10.0 Å². The Labute approximate surface area is 196 Å². The molecule has 0 saturated carbocycles. The van der Waals surface area contributed by atoms with Crippen LogP contribution in [-0.2, 0) is 9.59 Å². The van der Waals surface area contributed by atoms with Crippen LogP contribution in [0.25, 0.3) is 0 Å². The zero-order valence-electron chi connectivity index (χ0n) is 18.2. The summed E-state index contributed by atoms with van der Waals surface area (Å²) in [4.78, 5) is 53.2. The Bertz CT molecular complexity index is 1140. The van der Waals surface area contributed by atoms with Crippen LogP contribution in [0.1, 0.15) is 34.1 Å². The van der Waals surface area contributed by atoms with Crippen molar-refractivity contribution in [3.05, 3.63) is 76.8 Å². The van der Waals surface area contributed by atoms with Gasteiger partial charge >= 0.3 is 0 Å². The number of fused-ring (bicyclic) bond motifs is 1. The number of hydrazine groups is 1. The Morgan fingerprint density at radius 3 is 2.42 bits per heavy atom. The Morgan fingerprint density at radius 1 is 1.09 bits per heavy atom. The van der Waals surface area contributed by atoms with Crippen LogP contribution in [0.2, 0.25) is 5.02 Å². The first-order valence-corrected chi connectivity index (χ1v) is 11.0. The molecule has 1 heterocycles. The number of allylic oxidation sites excluding steroid dienone is 2. The molecule has 4 rings (SSSR count). The van der Waals surface area contributed by atoms with Crippen LogP contribution in [0.15, 0.2) is 60.7 Å². The second-order valence-electron chi connectivity index (χ2n) is 8.14. The van der Waals surface area contributed by atoms with E-state index in [1.54, 1.807) is 36.4 Å². The predicted octanol–water partition coefficient (Wildman–Crippen LogP) is 3.79. The molecule has 3 atom stereocenters. The minimum absolute atomic E-state index is 0.100. The Balaban J connectivity index is 1.71. The van der Waals surface area contributed by atoms with Gasteiger partial charge in [0, 0.05) is 5.56 Å². The highest BCUT2D eigenvalue weighted by Crippen LogP contribution is 2.39. The Hall–Kier alpha value is -3.45. The summed E-state index contributed by atoms with van der Waals surface area (Å²) in [6, 6.07) is 12.7. The van der Waals surface area contributed by atoms with Crippen molar-refractivity contribution in [1.82, 2.24) is 10.0 Å². The van der Waals surface area contributed by atoms with Crippen LogP contribution in [0, 0.1) is 17.8 Å². The van der Waals surface area contributed by atoms with Gasteiger partial charge in [-0.15, -0.1) is 0 Å². The second-order valence-corrected chi connectivity index (χ2v) is 8.55. The summed E-state index contributed by atoms with van der Waals surface area (Å²) in [7, 11) is 1.51. The van der Waals surface area contributed by atoms with E-state index in [2.05, 4.69) is 0 Å². The highest BCUT2D eigenvalue weighted by Gasteiger charge is 2.53. The molecule has 3 amide bonds. The lowest BCUT2D eigenvalue weighted by Crippen LogP contribution is -2.52. The number of rotatable bonds is 6. The van der Waals surface area contributed by atoms with Gasteiger partial charge in [0.15, 0.2) is 5.78 Å². The summed E-state index contributed by atoms with van der Waals surface area (Å²) in [6.45, 7) is 1.37. The second kappa shape index (κ2) is 9.19. The van der Waals surface area contributed by atoms with Crippen LogP contribution < -0.4 is 4.74 Å². The molecule has 0 spiro atoms. The lowest BCUT2D eigenvalue weighted by atomic mass is 9.78. The van der Waals surface area contributed by atoms with Gasteiger partial charge in [0.2, 0.25) is 0 Å². The molecule has 1 saturated heterocycles. The fraction of sp³-hybridized carbons (Fsp3) is 0.280. The molecule has 0 unspecified atom stereocenters. The predicted molar refractivity (Wildman–Crippen MR) is 122 cm³/mol. The zero-order chi connectivity index (χ0) is 23.7. The summed E-state index contributed by atoms with van der Waals surface area (Å²) in [6.07, 6.45) is 4.19. The maximum absolute atomic E-state index is 13.5. The average molecular weight is 467 g/mol. The third-order valence-electron chi connectivity index (χ3n) is 6.13. The largest absolute Gasteiger partial charge is 0.497 e. The number of ketones is 1. The van der Waals surface area contributed by atoms with Crippen LogP contribution in [0.4, 0.5) is 0 Å². The topological polar surface area (TPSA) is 84.0 Å². The summed E-state index contributed by atoms with van der Waals surface area (Å²) < 4.78 is 5.12. The number of methoxy groups -OCH3 is 1. The molecule has 2 aromatic rings. The number of hydrogen-bond acceptors (Lipinski definition) is 5. The number of ether oxygens (including phenoxy) is 1. The zero-order valence-corrected chi connectivity index (χ0v) is 19.0. The standard InChI is InChI=1S/C25H23ClN2O5/c1-15-6-5-8-19-22(15)25(32)28(24(19)31)27(23(30)18-7-3-4-9-20(18)26)14-21(29)16-10-12-17(33-2)13-11-16/h3-7,9-13,15,19,22H,8,14H2,1-2H3/t15-,19+,22-/m0/s1. The van der Waals surface area contributed by atoms with E-state index in [4.69, 9.17) is 16.3 Å². The minimum Gasteiger partial charge on any atom is -0.497 e. The Kier molecular flexibility index (Phi) is 6.33. The molecule has 1 fully saturated rings.